The predicted octanol–water partition coefficient (Wildman–Crippen LogP) is 4.36. The predicted molar refractivity (Wildman–Crippen MR) is 110 cm³/mol. The molecule has 0 saturated carbocycles. The fourth-order valence-electron chi connectivity index (χ4n) is 3.12. The number of thiophene rings is 1. The molecule has 0 aliphatic heterocycles. The van der Waals surface area contributed by atoms with Crippen molar-refractivity contribution in [2.75, 3.05) is 11.9 Å². The zero-order valence-corrected chi connectivity index (χ0v) is 16.5. The minimum absolute atomic E-state index is 0.0439. The Balaban J connectivity index is 1.93. The number of benzene rings is 1. The van der Waals surface area contributed by atoms with Gasteiger partial charge in [-0.2, -0.15) is 0 Å². The van der Waals surface area contributed by atoms with E-state index in [1.807, 2.05) is 0 Å². The first kappa shape index (κ1) is 20.0. The highest BCUT2D eigenvalue weighted by Crippen LogP contribution is 2.38. The Kier molecular flexibility index (Phi) is 6.11. The highest BCUT2D eigenvalue weighted by atomic mass is 35.5. The molecule has 0 spiro atoms. The lowest BCUT2D eigenvalue weighted by Crippen LogP contribution is -2.26. The average Bonchev–Trinajstić information content (AvgIpc) is 3.03. The van der Waals surface area contributed by atoms with Crippen LogP contribution in [0.25, 0.3) is 0 Å². The molecular formula is C19H18ClN3O4S. The first-order valence-electron chi connectivity index (χ1n) is 8.71. The lowest BCUT2D eigenvalue weighted by Gasteiger charge is -2.13. The molecule has 1 heterocycles. The van der Waals surface area contributed by atoms with Gasteiger partial charge in [-0.05, 0) is 43.4 Å². The number of fused-ring (bicyclic) bond motifs is 1. The van der Waals surface area contributed by atoms with Gasteiger partial charge in [0, 0.05) is 23.1 Å². The number of amides is 2. The molecule has 1 aromatic heterocycles. The van der Waals surface area contributed by atoms with Crippen molar-refractivity contribution >= 4 is 45.4 Å². The summed E-state index contributed by atoms with van der Waals surface area (Å²) in [5, 5.41) is 17.0. The molecule has 7 nitrogen and oxygen atoms in total. The Labute approximate surface area is 170 Å². The molecule has 0 unspecified atom stereocenters. The molecule has 2 aromatic rings. The van der Waals surface area contributed by atoms with Crippen molar-refractivity contribution in [2.24, 2.45) is 0 Å². The van der Waals surface area contributed by atoms with Gasteiger partial charge in [0.2, 0.25) is 0 Å². The molecule has 3 rings (SSSR count). The molecule has 1 aliphatic rings. The van der Waals surface area contributed by atoms with Crippen molar-refractivity contribution in [1.82, 2.24) is 5.32 Å². The van der Waals surface area contributed by atoms with Gasteiger partial charge in [0.1, 0.15) is 10.0 Å². The zero-order chi connectivity index (χ0) is 20.3. The van der Waals surface area contributed by atoms with Gasteiger partial charge in [0.25, 0.3) is 17.5 Å². The maximum atomic E-state index is 12.7. The molecular weight excluding hydrogens is 402 g/mol. The van der Waals surface area contributed by atoms with Crippen LogP contribution < -0.4 is 10.6 Å². The van der Waals surface area contributed by atoms with Crippen LogP contribution in [-0.2, 0) is 12.8 Å². The van der Waals surface area contributed by atoms with Crippen LogP contribution in [0.3, 0.4) is 0 Å². The van der Waals surface area contributed by atoms with Crippen molar-refractivity contribution < 1.29 is 14.5 Å². The van der Waals surface area contributed by atoms with Gasteiger partial charge in [-0.25, -0.2) is 0 Å². The standard InChI is InChI=1S/C19H18ClN3O4S/c1-2-9-21-18(25)16-12-5-3-4-6-15(12)28-19(16)22-17(24)11-7-8-13(20)14(10-11)23(26)27/h2,7-8,10H,1,3-6,9H2,(H,21,25)(H,22,24). The average molecular weight is 420 g/mol. The van der Waals surface area contributed by atoms with Crippen LogP contribution in [0.5, 0.6) is 0 Å². The Morgan fingerprint density at radius 2 is 2.04 bits per heavy atom. The van der Waals surface area contributed by atoms with Gasteiger partial charge in [-0.1, -0.05) is 17.7 Å². The fraction of sp³-hybridized carbons (Fsp3) is 0.263. The van der Waals surface area contributed by atoms with Crippen LogP contribution >= 0.6 is 22.9 Å². The first-order chi connectivity index (χ1) is 13.4. The van der Waals surface area contributed by atoms with Crippen LogP contribution in [0, 0.1) is 10.1 Å². The normalized spacial score (nSPS) is 12.8. The van der Waals surface area contributed by atoms with Crippen molar-refractivity contribution in [3.8, 4) is 0 Å². The van der Waals surface area contributed by atoms with Crippen LogP contribution in [0.15, 0.2) is 30.9 Å². The zero-order valence-electron chi connectivity index (χ0n) is 14.9. The molecule has 0 bridgehead atoms. The number of halogens is 1. The second-order valence-electron chi connectivity index (χ2n) is 6.29. The number of rotatable bonds is 6. The van der Waals surface area contributed by atoms with Crippen LogP contribution in [0.2, 0.25) is 5.02 Å². The van der Waals surface area contributed by atoms with Gasteiger partial charge in [0.15, 0.2) is 0 Å². The smallest absolute Gasteiger partial charge is 0.288 e. The summed E-state index contributed by atoms with van der Waals surface area (Å²) in [4.78, 5) is 36.8. The highest BCUT2D eigenvalue weighted by Gasteiger charge is 2.26. The minimum atomic E-state index is -0.642. The monoisotopic (exact) mass is 419 g/mol. The number of nitrogens with zero attached hydrogens (tertiary/aromatic N) is 1. The third kappa shape index (κ3) is 4.07. The van der Waals surface area contributed by atoms with Gasteiger partial charge in [0.05, 0.1) is 10.5 Å². The number of anilines is 1. The SMILES string of the molecule is C=CCNC(=O)c1c(NC(=O)c2ccc(Cl)c([N+](=O)[O-])c2)sc2c1CCCC2. The van der Waals surface area contributed by atoms with Crippen molar-refractivity contribution in [3.63, 3.8) is 0 Å². The third-order valence-electron chi connectivity index (χ3n) is 4.44. The molecule has 28 heavy (non-hydrogen) atoms. The number of hydrogen-bond donors (Lipinski definition) is 2. The summed E-state index contributed by atoms with van der Waals surface area (Å²) in [6.07, 6.45) is 5.26. The summed E-state index contributed by atoms with van der Waals surface area (Å²) < 4.78 is 0. The Morgan fingerprint density at radius 1 is 1.29 bits per heavy atom. The van der Waals surface area contributed by atoms with E-state index in [-0.39, 0.29) is 22.2 Å². The van der Waals surface area contributed by atoms with Gasteiger partial charge in [-0.15, -0.1) is 17.9 Å². The molecule has 0 radical (unpaired) electrons. The maximum absolute atomic E-state index is 12.7. The lowest BCUT2D eigenvalue weighted by molar-refractivity contribution is -0.384. The summed E-state index contributed by atoms with van der Waals surface area (Å²) in [6, 6.07) is 3.85. The lowest BCUT2D eigenvalue weighted by atomic mass is 9.95. The molecule has 0 saturated heterocycles. The Hall–Kier alpha value is -2.71. The van der Waals surface area contributed by atoms with Gasteiger partial charge >= 0.3 is 0 Å². The van der Waals surface area contributed by atoms with Crippen LogP contribution in [0.1, 0.15) is 44.0 Å². The van der Waals surface area contributed by atoms with Gasteiger partial charge in [-0.3, -0.25) is 19.7 Å². The molecule has 1 aromatic carbocycles. The molecule has 2 amide bonds. The van der Waals surface area contributed by atoms with E-state index < -0.39 is 10.8 Å². The summed E-state index contributed by atoms with van der Waals surface area (Å²) in [5.74, 6) is -0.798. The number of nitro benzene ring substituents is 1. The van der Waals surface area contributed by atoms with E-state index in [0.29, 0.717) is 17.1 Å². The summed E-state index contributed by atoms with van der Waals surface area (Å²) in [6.45, 7) is 3.91. The topological polar surface area (TPSA) is 101 Å². The quantitative estimate of drug-likeness (QED) is 0.412. The fourth-order valence-corrected chi connectivity index (χ4v) is 4.58. The summed E-state index contributed by atoms with van der Waals surface area (Å²) in [5.41, 5.74) is 1.19. The highest BCUT2D eigenvalue weighted by molar-refractivity contribution is 7.17. The largest absolute Gasteiger partial charge is 0.348 e. The second-order valence-corrected chi connectivity index (χ2v) is 7.80. The van der Waals surface area contributed by atoms with E-state index in [1.165, 1.54) is 23.5 Å². The van der Waals surface area contributed by atoms with E-state index in [9.17, 15) is 19.7 Å². The molecule has 146 valence electrons. The van der Waals surface area contributed by atoms with Crippen molar-refractivity contribution in [2.45, 2.75) is 25.7 Å². The molecule has 9 heteroatoms. The molecule has 0 atom stereocenters. The van der Waals surface area contributed by atoms with E-state index in [2.05, 4.69) is 17.2 Å². The second kappa shape index (κ2) is 8.53. The first-order valence-corrected chi connectivity index (χ1v) is 9.90. The number of hydrogen-bond acceptors (Lipinski definition) is 5. The summed E-state index contributed by atoms with van der Waals surface area (Å²) >= 11 is 7.19. The van der Waals surface area contributed by atoms with E-state index in [1.54, 1.807) is 6.08 Å². The van der Waals surface area contributed by atoms with E-state index >= 15 is 0 Å². The number of carbonyl (C=O) groups excluding carboxylic acids is 2. The Bertz CT molecular complexity index is 970. The van der Waals surface area contributed by atoms with Crippen LogP contribution in [0.4, 0.5) is 10.7 Å². The van der Waals surface area contributed by atoms with Crippen LogP contribution in [-0.4, -0.2) is 23.3 Å². The summed E-state index contributed by atoms with van der Waals surface area (Å²) in [7, 11) is 0. The number of nitro groups is 1. The number of carbonyl (C=O) groups is 2. The number of nitrogens with one attached hydrogen (secondary N) is 2. The molecule has 1 aliphatic carbocycles. The van der Waals surface area contributed by atoms with Crippen molar-refractivity contribution in [3.05, 3.63) is 67.6 Å². The van der Waals surface area contributed by atoms with E-state index in [4.69, 9.17) is 11.6 Å². The molecule has 0 fully saturated rings. The maximum Gasteiger partial charge on any atom is 0.288 e. The third-order valence-corrected chi connectivity index (χ3v) is 5.96. The van der Waals surface area contributed by atoms with Crippen molar-refractivity contribution in [1.29, 1.82) is 0 Å². The minimum Gasteiger partial charge on any atom is -0.348 e. The van der Waals surface area contributed by atoms with E-state index in [0.717, 1.165) is 42.2 Å². The Morgan fingerprint density at radius 3 is 2.75 bits per heavy atom. The molecule has 2 N–H and O–H groups in total. The van der Waals surface area contributed by atoms with Gasteiger partial charge < -0.3 is 10.6 Å². The number of aryl methyl sites for hydroxylation is 1.